The number of ether oxygens (including phenoxy) is 2. The van der Waals surface area contributed by atoms with E-state index in [9.17, 15) is 19.0 Å². The summed E-state index contributed by atoms with van der Waals surface area (Å²) in [6.45, 7) is 4.22. The molecule has 0 heterocycles. The standard InChI is InChI=1S/C37H68NO8P/c1-6-8-10-12-14-16-18-19-20-22-24-26-28-30-37(40)46-35(34-45-47(41,42)44-32-31-38(3,4)5)33-43-36(39)29-27-25-23-21-17-15-13-11-9-7-2/h8,10,12,14,16,18,35H,6-7,9,11,13,15,17,19-34H2,1-5H3/p+1/b10-8+,14-12+,18-16+. The van der Waals surface area contributed by atoms with E-state index in [4.69, 9.17) is 18.5 Å². The third-order valence-corrected chi connectivity index (χ3v) is 8.48. The van der Waals surface area contributed by atoms with E-state index in [1.165, 1.54) is 44.9 Å². The first-order valence-electron chi connectivity index (χ1n) is 18.2. The summed E-state index contributed by atoms with van der Waals surface area (Å²) in [5, 5.41) is 0. The SMILES string of the molecule is CC/C=C/C=C/C=C/CCCCCCCC(=O)OC(COC(=O)CCCCCCCCCCCC)COP(=O)(O)OCC[N+](C)(C)C. The molecule has 0 bridgehead atoms. The van der Waals surface area contributed by atoms with Crippen LogP contribution in [-0.2, 0) is 32.7 Å². The molecule has 0 aliphatic heterocycles. The summed E-state index contributed by atoms with van der Waals surface area (Å²) in [6, 6.07) is 0. The number of hydrogen-bond donors (Lipinski definition) is 1. The van der Waals surface area contributed by atoms with Gasteiger partial charge in [-0.15, -0.1) is 0 Å². The molecule has 47 heavy (non-hydrogen) atoms. The predicted molar refractivity (Wildman–Crippen MR) is 192 cm³/mol. The number of nitrogens with zero attached hydrogens (tertiary/aromatic N) is 1. The average molecular weight is 687 g/mol. The van der Waals surface area contributed by atoms with E-state index in [0.29, 0.717) is 17.4 Å². The number of rotatable bonds is 32. The van der Waals surface area contributed by atoms with Crippen molar-refractivity contribution in [1.82, 2.24) is 0 Å². The monoisotopic (exact) mass is 686 g/mol. The van der Waals surface area contributed by atoms with Gasteiger partial charge in [0, 0.05) is 12.8 Å². The van der Waals surface area contributed by atoms with Gasteiger partial charge in [0.25, 0.3) is 0 Å². The second-order valence-electron chi connectivity index (χ2n) is 13.3. The molecule has 1 N–H and O–H groups in total. The van der Waals surface area contributed by atoms with E-state index >= 15 is 0 Å². The molecule has 2 atom stereocenters. The first-order chi connectivity index (χ1) is 22.5. The van der Waals surface area contributed by atoms with Crippen LogP contribution < -0.4 is 0 Å². The number of quaternary nitrogens is 1. The van der Waals surface area contributed by atoms with Crippen LogP contribution >= 0.6 is 7.82 Å². The van der Waals surface area contributed by atoms with Crippen molar-refractivity contribution in [2.24, 2.45) is 0 Å². The number of unbranched alkanes of at least 4 members (excludes halogenated alkanes) is 14. The van der Waals surface area contributed by atoms with E-state index in [2.05, 4.69) is 32.1 Å². The highest BCUT2D eigenvalue weighted by Gasteiger charge is 2.27. The van der Waals surface area contributed by atoms with Crippen LogP contribution in [0.25, 0.3) is 0 Å². The fourth-order valence-electron chi connectivity index (χ4n) is 4.60. The largest absolute Gasteiger partial charge is 0.472 e. The molecule has 10 heteroatoms. The van der Waals surface area contributed by atoms with Crippen LogP contribution in [0.2, 0.25) is 0 Å². The lowest BCUT2D eigenvalue weighted by Gasteiger charge is -2.24. The summed E-state index contributed by atoms with van der Waals surface area (Å²) in [5.74, 6) is -0.828. The number of carbonyl (C=O) groups is 2. The van der Waals surface area contributed by atoms with Crippen molar-refractivity contribution in [1.29, 1.82) is 0 Å². The quantitative estimate of drug-likeness (QED) is 0.0245. The summed E-state index contributed by atoms with van der Waals surface area (Å²) < 4.78 is 34.0. The third-order valence-electron chi connectivity index (χ3n) is 7.50. The van der Waals surface area contributed by atoms with Crippen LogP contribution in [0.4, 0.5) is 0 Å². The molecule has 0 spiro atoms. The van der Waals surface area contributed by atoms with Crippen LogP contribution in [0.3, 0.4) is 0 Å². The summed E-state index contributed by atoms with van der Waals surface area (Å²) in [4.78, 5) is 35.1. The molecule has 0 aliphatic rings. The molecule has 0 aliphatic carbocycles. The van der Waals surface area contributed by atoms with Gasteiger partial charge in [0.15, 0.2) is 6.10 Å². The molecule has 0 aromatic carbocycles. The Kier molecular flexibility index (Phi) is 29.2. The maximum Gasteiger partial charge on any atom is 0.472 e. The summed E-state index contributed by atoms with van der Waals surface area (Å²) >= 11 is 0. The Morgan fingerprint density at radius 1 is 0.681 bits per heavy atom. The van der Waals surface area contributed by atoms with Gasteiger partial charge in [-0.25, -0.2) is 4.57 Å². The van der Waals surface area contributed by atoms with Crippen LogP contribution in [0, 0.1) is 0 Å². The number of phosphoric ester groups is 1. The van der Waals surface area contributed by atoms with Gasteiger partial charge in [0.2, 0.25) is 0 Å². The fraction of sp³-hybridized carbons (Fsp3) is 0.784. The first-order valence-corrected chi connectivity index (χ1v) is 19.7. The highest BCUT2D eigenvalue weighted by atomic mass is 31.2. The van der Waals surface area contributed by atoms with E-state index in [1.807, 2.05) is 39.4 Å². The van der Waals surface area contributed by atoms with Gasteiger partial charge < -0.3 is 18.9 Å². The molecule has 0 amide bonds. The van der Waals surface area contributed by atoms with Gasteiger partial charge in [0.1, 0.15) is 19.8 Å². The number of allylic oxidation sites excluding steroid dienone is 6. The lowest BCUT2D eigenvalue weighted by Crippen LogP contribution is -2.37. The van der Waals surface area contributed by atoms with Crippen molar-refractivity contribution in [2.45, 2.75) is 142 Å². The Hall–Kier alpha value is -1.77. The lowest BCUT2D eigenvalue weighted by atomic mass is 10.1. The van der Waals surface area contributed by atoms with E-state index < -0.39 is 26.5 Å². The van der Waals surface area contributed by atoms with Gasteiger partial charge in [-0.3, -0.25) is 18.6 Å². The molecule has 0 aromatic rings. The number of likely N-dealkylation sites (N-methyl/N-ethyl adjacent to an activating group) is 1. The van der Waals surface area contributed by atoms with Gasteiger partial charge in [0.05, 0.1) is 27.7 Å². The van der Waals surface area contributed by atoms with Crippen molar-refractivity contribution in [3.05, 3.63) is 36.5 Å². The summed E-state index contributed by atoms with van der Waals surface area (Å²) in [6.07, 6.45) is 30.5. The maximum absolute atomic E-state index is 12.6. The Balaban J connectivity index is 4.51. The minimum atomic E-state index is -4.37. The van der Waals surface area contributed by atoms with Gasteiger partial charge in [-0.05, 0) is 32.1 Å². The highest BCUT2D eigenvalue weighted by Crippen LogP contribution is 2.43. The second-order valence-corrected chi connectivity index (χ2v) is 14.7. The Bertz CT molecular complexity index is 913. The van der Waals surface area contributed by atoms with Gasteiger partial charge >= 0.3 is 19.8 Å². The van der Waals surface area contributed by atoms with Gasteiger partial charge in [-0.1, -0.05) is 127 Å². The molecule has 2 unspecified atom stereocenters. The van der Waals surface area contributed by atoms with Crippen LogP contribution in [0.15, 0.2) is 36.5 Å². The molecule has 0 saturated carbocycles. The molecule has 0 radical (unpaired) electrons. The molecular weight excluding hydrogens is 617 g/mol. The average Bonchev–Trinajstić information content (AvgIpc) is 3.01. The molecule has 0 saturated heterocycles. The summed E-state index contributed by atoms with van der Waals surface area (Å²) in [7, 11) is 1.46. The zero-order valence-corrected chi connectivity index (χ0v) is 31.4. The Morgan fingerprint density at radius 2 is 1.21 bits per heavy atom. The molecular formula is C37H69NO8P+. The predicted octanol–water partition coefficient (Wildman–Crippen LogP) is 9.40. The normalized spacial score (nSPS) is 14.3. The Labute approximate surface area is 287 Å². The van der Waals surface area contributed by atoms with E-state index in [-0.39, 0.29) is 32.0 Å². The minimum absolute atomic E-state index is 0.0273. The van der Waals surface area contributed by atoms with Crippen LogP contribution in [0.1, 0.15) is 136 Å². The van der Waals surface area contributed by atoms with Crippen molar-refractivity contribution in [3.63, 3.8) is 0 Å². The fourth-order valence-corrected chi connectivity index (χ4v) is 5.34. The van der Waals surface area contributed by atoms with Crippen LogP contribution in [-0.4, -0.2) is 74.9 Å². The third kappa shape index (κ3) is 33.9. The van der Waals surface area contributed by atoms with Crippen molar-refractivity contribution < 1.29 is 42.1 Å². The maximum atomic E-state index is 12.6. The van der Waals surface area contributed by atoms with E-state index in [1.54, 1.807) is 0 Å². The summed E-state index contributed by atoms with van der Waals surface area (Å²) in [5.41, 5.74) is 0. The number of phosphoric acid groups is 1. The second kappa shape index (κ2) is 30.3. The smallest absolute Gasteiger partial charge is 0.462 e. The Morgan fingerprint density at radius 3 is 1.79 bits per heavy atom. The molecule has 274 valence electrons. The highest BCUT2D eigenvalue weighted by molar-refractivity contribution is 7.47. The number of carbonyl (C=O) groups excluding carboxylic acids is 2. The number of esters is 2. The number of hydrogen-bond acceptors (Lipinski definition) is 7. The van der Waals surface area contributed by atoms with Crippen molar-refractivity contribution in [2.75, 3.05) is 47.5 Å². The van der Waals surface area contributed by atoms with Crippen molar-refractivity contribution >= 4 is 19.8 Å². The van der Waals surface area contributed by atoms with Crippen LogP contribution in [0.5, 0.6) is 0 Å². The minimum Gasteiger partial charge on any atom is -0.462 e. The zero-order chi connectivity index (χ0) is 35.1. The molecule has 0 rings (SSSR count). The lowest BCUT2D eigenvalue weighted by molar-refractivity contribution is -0.870. The first kappa shape index (κ1) is 45.2. The topological polar surface area (TPSA) is 108 Å². The van der Waals surface area contributed by atoms with Crippen molar-refractivity contribution in [3.8, 4) is 0 Å². The van der Waals surface area contributed by atoms with Gasteiger partial charge in [-0.2, -0.15) is 0 Å². The molecule has 0 aromatic heterocycles. The molecule has 9 nitrogen and oxygen atoms in total. The van der Waals surface area contributed by atoms with E-state index in [0.717, 1.165) is 57.8 Å². The zero-order valence-electron chi connectivity index (χ0n) is 30.5. The molecule has 0 fully saturated rings.